The number of aromatic nitrogens is 1. The number of ether oxygens (including phenoxy) is 1. The molecule has 23 heavy (non-hydrogen) atoms. The van der Waals surface area contributed by atoms with Gasteiger partial charge < -0.3 is 4.74 Å². The zero-order valence-electron chi connectivity index (χ0n) is 12.5. The molecule has 0 saturated heterocycles. The normalized spacial score (nSPS) is 10.6. The number of nitrogens with zero attached hydrogens (tertiary/aromatic N) is 1. The van der Waals surface area contributed by atoms with Crippen LogP contribution in [0.1, 0.15) is 0 Å². The maximum atomic E-state index is 5.79. The second-order valence-electron chi connectivity index (χ2n) is 5.37. The predicted molar refractivity (Wildman–Crippen MR) is 93.7 cm³/mol. The van der Waals surface area contributed by atoms with Gasteiger partial charge in [-0.05, 0) is 34.7 Å². The smallest absolute Gasteiger partial charge is 0.219 e. The quantitative estimate of drug-likeness (QED) is 0.484. The maximum Gasteiger partial charge on any atom is 0.219 e. The Bertz CT molecular complexity index is 933. The summed E-state index contributed by atoms with van der Waals surface area (Å²) < 4.78 is 5.79. The van der Waals surface area contributed by atoms with E-state index in [-0.39, 0.29) is 0 Å². The minimum Gasteiger partial charge on any atom is -0.439 e. The molecule has 0 aliphatic carbocycles. The predicted octanol–water partition coefficient (Wildman–Crippen LogP) is 5.69. The fraction of sp³-hybridized carbons (Fsp3) is 0. The molecule has 4 rings (SSSR count). The molecule has 0 radical (unpaired) electrons. The number of hydrogen-bond donors (Lipinski definition) is 0. The van der Waals surface area contributed by atoms with Gasteiger partial charge in [0.2, 0.25) is 5.88 Å². The summed E-state index contributed by atoms with van der Waals surface area (Å²) in [5.74, 6) is 1.40. The zero-order valence-corrected chi connectivity index (χ0v) is 12.5. The lowest BCUT2D eigenvalue weighted by Crippen LogP contribution is -1.88. The summed E-state index contributed by atoms with van der Waals surface area (Å²) in [4.78, 5) is 4.41. The van der Waals surface area contributed by atoms with Gasteiger partial charge in [0.1, 0.15) is 5.75 Å². The van der Waals surface area contributed by atoms with Crippen molar-refractivity contribution in [2.24, 2.45) is 0 Å². The number of hydrogen-bond acceptors (Lipinski definition) is 2. The van der Waals surface area contributed by atoms with E-state index >= 15 is 0 Å². The van der Waals surface area contributed by atoms with Crippen LogP contribution in [0.3, 0.4) is 0 Å². The lowest BCUT2D eigenvalue weighted by Gasteiger charge is -2.07. The van der Waals surface area contributed by atoms with Gasteiger partial charge in [0.15, 0.2) is 0 Å². The van der Waals surface area contributed by atoms with Crippen molar-refractivity contribution in [3.05, 3.63) is 91.1 Å². The van der Waals surface area contributed by atoms with Gasteiger partial charge in [0.05, 0.1) is 0 Å². The van der Waals surface area contributed by atoms with E-state index in [0.717, 1.165) is 16.5 Å². The second kappa shape index (κ2) is 5.93. The first kappa shape index (κ1) is 13.5. The van der Waals surface area contributed by atoms with Gasteiger partial charge in [-0.25, -0.2) is 4.98 Å². The molecule has 0 bridgehead atoms. The molecule has 2 nitrogen and oxygen atoms in total. The van der Waals surface area contributed by atoms with Crippen LogP contribution >= 0.6 is 0 Å². The van der Waals surface area contributed by atoms with Crippen molar-refractivity contribution in [3.8, 4) is 22.8 Å². The van der Waals surface area contributed by atoms with Gasteiger partial charge in [-0.1, -0.05) is 60.7 Å². The van der Waals surface area contributed by atoms with Crippen LogP contribution in [0.5, 0.6) is 11.6 Å². The number of para-hydroxylation sites is 1. The van der Waals surface area contributed by atoms with Crippen LogP contribution in [0.25, 0.3) is 21.9 Å². The molecule has 0 fully saturated rings. The lowest BCUT2D eigenvalue weighted by atomic mass is 10.0. The molecule has 1 aromatic heterocycles. The van der Waals surface area contributed by atoms with Gasteiger partial charge >= 0.3 is 0 Å². The highest BCUT2D eigenvalue weighted by Gasteiger charge is 2.03. The fourth-order valence-electron chi connectivity index (χ4n) is 2.60. The van der Waals surface area contributed by atoms with Crippen molar-refractivity contribution in [1.29, 1.82) is 0 Å². The molecule has 0 aliphatic rings. The minimum absolute atomic E-state index is 0.608. The number of pyridine rings is 1. The van der Waals surface area contributed by atoms with Crippen LogP contribution in [-0.4, -0.2) is 4.98 Å². The average Bonchev–Trinajstić information content (AvgIpc) is 2.63. The van der Waals surface area contributed by atoms with Gasteiger partial charge in [0.25, 0.3) is 0 Å². The molecule has 3 aromatic carbocycles. The van der Waals surface area contributed by atoms with E-state index in [0.29, 0.717) is 5.88 Å². The summed E-state index contributed by atoms with van der Waals surface area (Å²) in [6.45, 7) is 0. The summed E-state index contributed by atoms with van der Waals surface area (Å²) in [7, 11) is 0. The Labute approximate surface area is 135 Å². The Hall–Kier alpha value is -3.13. The fourth-order valence-corrected chi connectivity index (χ4v) is 2.60. The second-order valence-corrected chi connectivity index (χ2v) is 5.37. The molecule has 0 aliphatic heterocycles. The van der Waals surface area contributed by atoms with Crippen LogP contribution in [-0.2, 0) is 0 Å². The Kier molecular flexibility index (Phi) is 3.49. The zero-order chi connectivity index (χ0) is 15.5. The van der Waals surface area contributed by atoms with E-state index in [1.807, 2.05) is 48.7 Å². The number of fused-ring (bicyclic) bond motifs is 1. The average molecular weight is 297 g/mol. The molecule has 0 unspecified atom stereocenters. The van der Waals surface area contributed by atoms with Gasteiger partial charge in [-0.2, -0.15) is 0 Å². The van der Waals surface area contributed by atoms with Crippen molar-refractivity contribution in [3.63, 3.8) is 0 Å². The molecule has 0 spiro atoms. The standard InChI is InChI=1S/C21H15NO/c1-3-7-16(8-4-1)17-11-12-18-14-21(22-15-19(18)13-17)23-20-9-5-2-6-10-20/h1-15H. The summed E-state index contributed by atoms with van der Waals surface area (Å²) in [5, 5.41) is 2.22. The maximum absolute atomic E-state index is 5.79. The molecule has 0 atom stereocenters. The van der Waals surface area contributed by atoms with Gasteiger partial charge in [-0.15, -0.1) is 0 Å². The van der Waals surface area contributed by atoms with Crippen molar-refractivity contribution in [2.45, 2.75) is 0 Å². The van der Waals surface area contributed by atoms with E-state index in [1.165, 1.54) is 11.1 Å². The first-order chi connectivity index (χ1) is 11.4. The van der Waals surface area contributed by atoms with Gasteiger partial charge in [0, 0.05) is 17.6 Å². The molecular weight excluding hydrogens is 282 g/mol. The van der Waals surface area contributed by atoms with Crippen molar-refractivity contribution in [1.82, 2.24) is 4.98 Å². The number of benzene rings is 3. The first-order valence-corrected chi connectivity index (χ1v) is 7.57. The molecule has 4 aromatic rings. The van der Waals surface area contributed by atoms with Crippen molar-refractivity contribution >= 4 is 10.8 Å². The molecule has 2 heteroatoms. The third-order valence-electron chi connectivity index (χ3n) is 3.77. The monoisotopic (exact) mass is 297 g/mol. The molecule has 0 amide bonds. The molecule has 0 N–H and O–H groups in total. The molecule has 1 heterocycles. The Morgan fingerprint density at radius 2 is 1.35 bits per heavy atom. The van der Waals surface area contributed by atoms with Crippen molar-refractivity contribution in [2.75, 3.05) is 0 Å². The largest absolute Gasteiger partial charge is 0.439 e. The van der Waals surface area contributed by atoms with E-state index < -0.39 is 0 Å². The highest BCUT2D eigenvalue weighted by atomic mass is 16.5. The molecule has 110 valence electrons. The van der Waals surface area contributed by atoms with Crippen LogP contribution in [0.4, 0.5) is 0 Å². The SMILES string of the molecule is c1ccc(Oc2cc3ccc(-c4ccccc4)cc3cn2)cc1. The Morgan fingerprint density at radius 1 is 0.609 bits per heavy atom. The van der Waals surface area contributed by atoms with Crippen LogP contribution in [0.15, 0.2) is 91.1 Å². The summed E-state index contributed by atoms with van der Waals surface area (Å²) >= 11 is 0. The molecule has 0 saturated carbocycles. The Morgan fingerprint density at radius 3 is 2.13 bits per heavy atom. The topological polar surface area (TPSA) is 22.1 Å². The molecular formula is C21H15NO. The van der Waals surface area contributed by atoms with Crippen molar-refractivity contribution < 1.29 is 4.74 Å². The van der Waals surface area contributed by atoms with E-state index in [4.69, 9.17) is 4.74 Å². The minimum atomic E-state index is 0.608. The third-order valence-corrected chi connectivity index (χ3v) is 3.77. The lowest BCUT2D eigenvalue weighted by molar-refractivity contribution is 0.464. The van der Waals surface area contributed by atoms with Crippen LogP contribution < -0.4 is 4.74 Å². The van der Waals surface area contributed by atoms with Crippen LogP contribution in [0, 0.1) is 0 Å². The first-order valence-electron chi connectivity index (χ1n) is 7.57. The summed E-state index contributed by atoms with van der Waals surface area (Å²) in [6, 6.07) is 28.4. The number of rotatable bonds is 3. The van der Waals surface area contributed by atoms with Gasteiger partial charge in [-0.3, -0.25) is 0 Å². The highest BCUT2D eigenvalue weighted by Crippen LogP contribution is 2.27. The van der Waals surface area contributed by atoms with E-state index in [1.54, 1.807) is 0 Å². The third kappa shape index (κ3) is 2.92. The summed E-state index contributed by atoms with van der Waals surface area (Å²) in [5.41, 5.74) is 2.40. The van der Waals surface area contributed by atoms with Crippen LogP contribution in [0.2, 0.25) is 0 Å². The highest BCUT2D eigenvalue weighted by molar-refractivity contribution is 5.87. The van der Waals surface area contributed by atoms with E-state index in [2.05, 4.69) is 47.4 Å². The van der Waals surface area contributed by atoms with E-state index in [9.17, 15) is 0 Å². The Balaban J connectivity index is 1.68. The summed E-state index contributed by atoms with van der Waals surface area (Å²) in [6.07, 6.45) is 1.86.